The van der Waals surface area contributed by atoms with Gasteiger partial charge in [0, 0.05) is 39.8 Å². The molecule has 1 spiro atoms. The number of fused-ring (bicyclic) bond motifs is 13. The Kier molecular flexibility index (Phi) is 6.92. The number of allylic oxidation sites excluding steroid dienone is 4. The Balaban J connectivity index is 1.11. The van der Waals surface area contributed by atoms with Crippen molar-refractivity contribution in [3.05, 3.63) is 240 Å². The van der Waals surface area contributed by atoms with E-state index in [0.29, 0.717) is 5.92 Å². The van der Waals surface area contributed by atoms with E-state index in [1.165, 1.54) is 66.4 Å². The van der Waals surface area contributed by atoms with Crippen LogP contribution in [0, 0.1) is 12.1 Å². The minimum absolute atomic E-state index is 0.380. The summed E-state index contributed by atoms with van der Waals surface area (Å²) < 4.78 is 2.36. The molecule has 0 N–H and O–H groups in total. The van der Waals surface area contributed by atoms with E-state index in [1.807, 2.05) is 12.1 Å². The van der Waals surface area contributed by atoms with Gasteiger partial charge >= 0.3 is 0 Å². The van der Waals surface area contributed by atoms with Crippen molar-refractivity contribution in [1.82, 2.24) is 4.57 Å². The van der Waals surface area contributed by atoms with E-state index in [1.54, 1.807) is 0 Å². The maximum Gasteiger partial charge on any atom is 0.0726 e. The maximum absolute atomic E-state index is 3.20. The zero-order valence-electron chi connectivity index (χ0n) is 31.2. The summed E-state index contributed by atoms with van der Waals surface area (Å²) in [6.45, 7) is 0. The lowest BCUT2D eigenvalue weighted by molar-refractivity contribution is 0.793. The molecule has 0 fully saturated rings. The first-order chi connectivity index (χ1) is 28.3. The number of para-hydroxylation sites is 1. The molecule has 9 aromatic rings. The highest BCUT2D eigenvalue weighted by atomic mass is 15.1. The molecular formula is C55H36N2. The molecule has 1 heterocycles. The predicted molar refractivity (Wildman–Crippen MR) is 235 cm³/mol. The van der Waals surface area contributed by atoms with Crippen LogP contribution in [-0.2, 0) is 5.41 Å². The van der Waals surface area contributed by atoms with Crippen LogP contribution in [0.5, 0.6) is 0 Å². The minimum atomic E-state index is -0.428. The van der Waals surface area contributed by atoms with Crippen molar-refractivity contribution >= 4 is 38.9 Å². The number of nitrogens with zero attached hydrogens (tertiary/aromatic N) is 2. The van der Waals surface area contributed by atoms with Crippen molar-refractivity contribution < 1.29 is 0 Å². The Bertz CT molecular complexity index is 3040. The van der Waals surface area contributed by atoms with Crippen molar-refractivity contribution in [2.75, 3.05) is 4.90 Å². The largest absolute Gasteiger partial charge is 0.310 e. The van der Waals surface area contributed by atoms with Crippen molar-refractivity contribution in [3.8, 4) is 27.9 Å². The number of hydrogen-bond donors (Lipinski definition) is 0. The molecule has 3 aliphatic carbocycles. The summed E-state index contributed by atoms with van der Waals surface area (Å²) in [4.78, 5) is 2.45. The van der Waals surface area contributed by atoms with E-state index in [4.69, 9.17) is 0 Å². The Morgan fingerprint density at radius 2 is 1.12 bits per heavy atom. The van der Waals surface area contributed by atoms with Crippen LogP contribution in [0.1, 0.15) is 40.2 Å². The van der Waals surface area contributed by atoms with Crippen molar-refractivity contribution in [3.63, 3.8) is 0 Å². The highest BCUT2D eigenvalue weighted by molar-refractivity contribution is 6.10. The zero-order chi connectivity index (χ0) is 37.5. The third-order valence-electron chi connectivity index (χ3n) is 12.6. The molecule has 57 heavy (non-hydrogen) atoms. The molecule has 0 saturated carbocycles. The zero-order valence-corrected chi connectivity index (χ0v) is 31.2. The van der Waals surface area contributed by atoms with Gasteiger partial charge in [0.15, 0.2) is 0 Å². The third kappa shape index (κ3) is 4.55. The van der Waals surface area contributed by atoms with E-state index in [2.05, 4.69) is 210 Å². The van der Waals surface area contributed by atoms with E-state index in [9.17, 15) is 0 Å². The molecule has 0 bridgehead atoms. The summed E-state index contributed by atoms with van der Waals surface area (Å²) in [7, 11) is 0. The Morgan fingerprint density at radius 3 is 1.81 bits per heavy atom. The number of aromatic nitrogens is 1. The summed E-state index contributed by atoms with van der Waals surface area (Å²) in [6.07, 6.45) is 9.91. The fourth-order valence-electron chi connectivity index (χ4n) is 10.2. The maximum atomic E-state index is 3.20. The lowest BCUT2D eigenvalue weighted by Gasteiger charge is -2.32. The van der Waals surface area contributed by atoms with Crippen LogP contribution in [-0.4, -0.2) is 4.57 Å². The SMILES string of the molecule is c1ccc(-n2c3ccccc3c3ccc(N(c4ccc(C5C=CC=CC5)cc4)c4ccc5c(c4)C4(c6ccccc6-c6ccccc64)c4ccccc4-5)cc32)cc#1. The lowest BCUT2D eigenvalue weighted by Crippen LogP contribution is -2.26. The topological polar surface area (TPSA) is 8.17 Å². The predicted octanol–water partition coefficient (Wildman–Crippen LogP) is 13.8. The molecule has 0 radical (unpaired) electrons. The molecule has 12 rings (SSSR count). The minimum Gasteiger partial charge on any atom is -0.310 e. The average Bonchev–Trinajstić information content (AvgIpc) is 3.89. The normalized spacial score (nSPS) is 15.3. The lowest BCUT2D eigenvalue weighted by atomic mass is 9.70. The average molecular weight is 725 g/mol. The Labute approximate surface area is 332 Å². The fraction of sp³-hybridized carbons (Fsp3) is 0.0545. The molecule has 266 valence electrons. The second-order valence-electron chi connectivity index (χ2n) is 15.4. The number of benzene rings is 7. The van der Waals surface area contributed by atoms with Gasteiger partial charge in [0.05, 0.1) is 22.1 Å². The van der Waals surface area contributed by atoms with Crippen LogP contribution < -0.4 is 4.90 Å². The van der Waals surface area contributed by atoms with Crippen molar-refractivity contribution in [2.45, 2.75) is 17.8 Å². The van der Waals surface area contributed by atoms with E-state index in [-0.39, 0.29) is 0 Å². The highest BCUT2D eigenvalue weighted by Gasteiger charge is 2.51. The quantitative estimate of drug-likeness (QED) is 0.172. The van der Waals surface area contributed by atoms with E-state index < -0.39 is 5.41 Å². The first-order valence-electron chi connectivity index (χ1n) is 19.9. The molecule has 2 nitrogen and oxygen atoms in total. The van der Waals surface area contributed by atoms with Crippen LogP contribution in [0.25, 0.3) is 49.7 Å². The van der Waals surface area contributed by atoms with E-state index >= 15 is 0 Å². The van der Waals surface area contributed by atoms with Crippen LogP contribution in [0.2, 0.25) is 0 Å². The van der Waals surface area contributed by atoms with Crippen LogP contribution in [0.4, 0.5) is 17.1 Å². The molecule has 1 unspecified atom stereocenters. The van der Waals surface area contributed by atoms with Gasteiger partial charge in [0.1, 0.15) is 0 Å². The molecular weight excluding hydrogens is 689 g/mol. The molecule has 1 atom stereocenters. The Hall–Kier alpha value is -7.34. The summed E-state index contributed by atoms with van der Waals surface area (Å²) in [5.41, 5.74) is 18.2. The number of anilines is 3. The van der Waals surface area contributed by atoms with Gasteiger partial charge < -0.3 is 9.47 Å². The Morgan fingerprint density at radius 1 is 0.509 bits per heavy atom. The molecule has 8 aromatic carbocycles. The molecule has 1 aromatic heterocycles. The van der Waals surface area contributed by atoms with Gasteiger partial charge in [-0.25, -0.2) is 0 Å². The second-order valence-corrected chi connectivity index (χ2v) is 15.4. The molecule has 0 amide bonds. The summed E-state index contributed by atoms with van der Waals surface area (Å²) in [5.74, 6) is 0.380. The fourth-order valence-corrected chi connectivity index (χ4v) is 10.2. The van der Waals surface area contributed by atoms with Gasteiger partial charge in [0.2, 0.25) is 0 Å². The van der Waals surface area contributed by atoms with E-state index in [0.717, 1.165) is 34.7 Å². The summed E-state index contributed by atoms with van der Waals surface area (Å²) in [5, 5.41) is 2.45. The van der Waals surface area contributed by atoms with Gasteiger partial charge in [-0.15, -0.1) is 0 Å². The summed E-state index contributed by atoms with van der Waals surface area (Å²) in [6, 6.07) is 71.6. The van der Waals surface area contributed by atoms with Crippen molar-refractivity contribution in [2.24, 2.45) is 0 Å². The molecule has 3 aliphatic rings. The molecule has 0 aliphatic heterocycles. The first-order valence-corrected chi connectivity index (χ1v) is 19.9. The number of rotatable bonds is 5. The van der Waals surface area contributed by atoms with Gasteiger partial charge in [-0.1, -0.05) is 152 Å². The van der Waals surface area contributed by atoms with Crippen LogP contribution in [0.3, 0.4) is 0 Å². The second kappa shape index (κ2) is 12.3. The van der Waals surface area contributed by atoms with Gasteiger partial charge in [-0.3, -0.25) is 0 Å². The van der Waals surface area contributed by atoms with Crippen molar-refractivity contribution in [1.29, 1.82) is 0 Å². The third-order valence-corrected chi connectivity index (χ3v) is 12.6. The number of hydrogen-bond acceptors (Lipinski definition) is 1. The van der Waals surface area contributed by atoms with Crippen LogP contribution in [0.15, 0.2) is 200 Å². The standard InChI is InChI=1S/C55H36N2/c1-3-15-37(16-4-1)38-27-29-40(30-28-38)56(42-32-34-48-47-22-10-14-26-53(47)57(54(48)36-42)39-17-5-2-6-18-39)41-31-33-46-45-21-9-13-25-51(45)55(52(46)35-41)49-23-11-7-19-43(49)44-20-8-12-24-50(44)55/h1,3-5,7-15,17-37H,16H2. The van der Waals surface area contributed by atoms with Gasteiger partial charge in [-0.2, -0.15) is 0 Å². The monoisotopic (exact) mass is 724 g/mol. The molecule has 0 saturated heterocycles. The molecule has 2 heteroatoms. The van der Waals surface area contributed by atoms with Crippen LogP contribution >= 0.6 is 0 Å². The van der Waals surface area contributed by atoms with Gasteiger partial charge in [-0.05, 0) is 111 Å². The highest BCUT2D eigenvalue weighted by Crippen LogP contribution is 2.63. The smallest absolute Gasteiger partial charge is 0.0726 e. The van der Waals surface area contributed by atoms with Gasteiger partial charge in [0.25, 0.3) is 0 Å². The summed E-state index contributed by atoms with van der Waals surface area (Å²) >= 11 is 0. The first kappa shape index (κ1) is 32.0.